The molecule has 0 aliphatic carbocycles. The molecule has 1 fully saturated rings. The quantitative estimate of drug-likeness (QED) is 0.882. The normalized spacial score (nSPS) is 17.1. The Morgan fingerprint density at radius 2 is 1.38 bits per heavy atom. The van der Waals surface area contributed by atoms with Crippen molar-refractivity contribution < 1.29 is 13.2 Å². The van der Waals surface area contributed by atoms with Crippen LogP contribution in [-0.4, -0.2) is 37.3 Å². The Bertz CT molecular complexity index is 623. The molecule has 0 saturated carbocycles. The van der Waals surface area contributed by atoms with Crippen LogP contribution in [0.5, 0.6) is 0 Å². The number of rotatable bonds is 3. The Morgan fingerprint density at radius 3 is 1.92 bits per heavy atom. The fourth-order valence-electron chi connectivity index (χ4n) is 3.04. The third-order valence-electron chi connectivity index (χ3n) is 4.16. The van der Waals surface area contributed by atoms with Gasteiger partial charge >= 0.3 is 6.18 Å². The molecular formula is C18H20ClF3N2. The van der Waals surface area contributed by atoms with E-state index in [1.54, 1.807) is 24.3 Å². The van der Waals surface area contributed by atoms with Gasteiger partial charge in [-0.1, -0.05) is 54.6 Å². The summed E-state index contributed by atoms with van der Waals surface area (Å²) in [5.41, 5.74) is 2.24. The molecule has 0 spiro atoms. The molecule has 1 aliphatic heterocycles. The summed E-state index contributed by atoms with van der Waals surface area (Å²) in [6.45, 7) is 2.00. The molecule has 1 atom stereocenters. The lowest BCUT2D eigenvalue weighted by Crippen LogP contribution is -2.49. The van der Waals surface area contributed by atoms with Gasteiger partial charge in [-0.2, -0.15) is 13.2 Å². The fourth-order valence-corrected chi connectivity index (χ4v) is 3.04. The molecule has 6 heteroatoms. The highest BCUT2D eigenvalue weighted by atomic mass is 35.5. The van der Waals surface area contributed by atoms with Crippen molar-refractivity contribution in [3.8, 4) is 11.1 Å². The maximum absolute atomic E-state index is 13.6. The van der Waals surface area contributed by atoms with Gasteiger partial charge in [-0.05, 0) is 16.7 Å². The smallest absolute Gasteiger partial charge is 0.314 e. The van der Waals surface area contributed by atoms with Crippen LogP contribution < -0.4 is 5.32 Å². The average molecular weight is 357 g/mol. The van der Waals surface area contributed by atoms with Gasteiger partial charge in [0, 0.05) is 26.2 Å². The predicted molar refractivity (Wildman–Crippen MR) is 92.4 cm³/mol. The molecule has 1 heterocycles. The van der Waals surface area contributed by atoms with Crippen molar-refractivity contribution in [3.05, 3.63) is 60.2 Å². The second-order valence-corrected chi connectivity index (χ2v) is 5.72. The van der Waals surface area contributed by atoms with Gasteiger partial charge in [-0.15, -0.1) is 12.4 Å². The molecule has 0 unspecified atom stereocenters. The minimum Gasteiger partial charge on any atom is -0.314 e. The predicted octanol–water partition coefficient (Wildman–Crippen LogP) is 4.28. The van der Waals surface area contributed by atoms with Crippen LogP contribution in [0.25, 0.3) is 11.1 Å². The number of piperazine rings is 1. The Balaban J connectivity index is 0.00000208. The van der Waals surface area contributed by atoms with Gasteiger partial charge in [0.15, 0.2) is 0 Å². The number of nitrogens with one attached hydrogen (secondary N) is 1. The van der Waals surface area contributed by atoms with Crippen molar-refractivity contribution in [3.63, 3.8) is 0 Å². The summed E-state index contributed by atoms with van der Waals surface area (Å²) >= 11 is 0. The molecule has 1 aliphatic rings. The van der Waals surface area contributed by atoms with E-state index in [2.05, 4.69) is 5.32 Å². The van der Waals surface area contributed by atoms with Crippen LogP contribution >= 0.6 is 12.4 Å². The van der Waals surface area contributed by atoms with Crippen LogP contribution in [0.4, 0.5) is 13.2 Å². The highest BCUT2D eigenvalue weighted by Gasteiger charge is 2.44. The van der Waals surface area contributed by atoms with Gasteiger partial charge in [0.25, 0.3) is 0 Å². The second-order valence-electron chi connectivity index (χ2n) is 5.72. The van der Waals surface area contributed by atoms with E-state index in [1.807, 2.05) is 30.3 Å². The molecule has 2 nitrogen and oxygen atoms in total. The SMILES string of the molecule is Cl.FC(F)(F)[C@H](c1ccc(-c2ccccc2)cc1)N1CCNCC1. The zero-order valence-electron chi connectivity index (χ0n) is 13.1. The maximum atomic E-state index is 13.6. The minimum absolute atomic E-state index is 0. The van der Waals surface area contributed by atoms with Crippen LogP contribution in [0.2, 0.25) is 0 Å². The van der Waals surface area contributed by atoms with Crippen LogP contribution in [-0.2, 0) is 0 Å². The summed E-state index contributed by atoms with van der Waals surface area (Å²) in [6.07, 6.45) is -4.27. The van der Waals surface area contributed by atoms with Crippen LogP contribution in [0.1, 0.15) is 11.6 Å². The fraction of sp³-hybridized carbons (Fsp3) is 0.333. The number of halogens is 4. The molecule has 0 bridgehead atoms. The number of benzene rings is 2. The molecule has 1 N–H and O–H groups in total. The first kappa shape index (κ1) is 18.8. The van der Waals surface area contributed by atoms with Crippen molar-refractivity contribution in [2.45, 2.75) is 12.2 Å². The topological polar surface area (TPSA) is 15.3 Å². The number of nitrogens with zero attached hydrogens (tertiary/aromatic N) is 1. The molecule has 0 aromatic heterocycles. The van der Waals surface area contributed by atoms with Gasteiger partial charge in [0.1, 0.15) is 6.04 Å². The molecule has 0 radical (unpaired) electrons. The van der Waals surface area contributed by atoms with Crippen LogP contribution in [0.15, 0.2) is 54.6 Å². The van der Waals surface area contributed by atoms with E-state index in [-0.39, 0.29) is 12.4 Å². The molecule has 3 rings (SSSR count). The second kappa shape index (κ2) is 8.01. The van der Waals surface area contributed by atoms with Gasteiger partial charge in [0.05, 0.1) is 0 Å². The summed E-state index contributed by atoms with van der Waals surface area (Å²) in [5, 5.41) is 3.09. The van der Waals surface area contributed by atoms with Crippen molar-refractivity contribution in [2.24, 2.45) is 0 Å². The van der Waals surface area contributed by atoms with E-state index < -0.39 is 12.2 Å². The summed E-state index contributed by atoms with van der Waals surface area (Å²) < 4.78 is 40.7. The van der Waals surface area contributed by atoms with E-state index in [1.165, 1.54) is 4.90 Å². The first-order valence-electron chi connectivity index (χ1n) is 7.72. The summed E-state index contributed by atoms with van der Waals surface area (Å²) in [4.78, 5) is 1.51. The van der Waals surface area contributed by atoms with E-state index in [0.29, 0.717) is 31.7 Å². The lowest BCUT2D eigenvalue weighted by atomic mass is 9.99. The molecule has 2 aromatic rings. The average Bonchev–Trinajstić information content (AvgIpc) is 2.56. The van der Waals surface area contributed by atoms with Crippen molar-refractivity contribution in [2.75, 3.05) is 26.2 Å². The first-order chi connectivity index (χ1) is 11.1. The largest absolute Gasteiger partial charge is 0.408 e. The van der Waals surface area contributed by atoms with Gasteiger partial charge in [-0.3, -0.25) is 4.90 Å². The standard InChI is InChI=1S/C18H19F3N2.ClH/c19-18(20,21)17(23-12-10-22-11-13-23)16-8-6-15(7-9-16)14-4-2-1-3-5-14;/h1-9,17,22H,10-13H2;1H/t17-;/m0./s1. The molecule has 2 aromatic carbocycles. The lowest BCUT2D eigenvalue weighted by molar-refractivity contribution is -0.187. The summed E-state index contributed by atoms with van der Waals surface area (Å²) in [7, 11) is 0. The minimum atomic E-state index is -4.27. The van der Waals surface area contributed by atoms with Gasteiger partial charge in [0.2, 0.25) is 0 Å². The monoisotopic (exact) mass is 356 g/mol. The molecule has 24 heavy (non-hydrogen) atoms. The molecule has 130 valence electrons. The van der Waals surface area contributed by atoms with E-state index in [9.17, 15) is 13.2 Å². The lowest BCUT2D eigenvalue weighted by Gasteiger charge is -2.36. The highest BCUT2D eigenvalue weighted by molar-refractivity contribution is 5.85. The summed E-state index contributed by atoms with van der Waals surface area (Å²) in [5.74, 6) is 0. The number of hydrogen-bond acceptors (Lipinski definition) is 2. The zero-order valence-corrected chi connectivity index (χ0v) is 13.9. The Kier molecular flexibility index (Phi) is 6.27. The third kappa shape index (κ3) is 4.29. The Hall–Kier alpha value is -1.56. The molecule has 0 amide bonds. The first-order valence-corrected chi connectivity index (χ1v) is 7.72. The highest BCUT2D eigenvalue weighted by Crippen LogP contribution is 2.38. The van der Waals surface area contributed by atoms with E-state index >= 15 is 0 Å². The third-order valence-corrected chi connectivity index (χ3v) is 4.16. The van der Waals surface area contributed by atoms with Gasteiger partial charge < -0.3 is 5.32 Å². The summed E-state index contributed by atoms with van der Waals surface area (Å²) in [6, 6.07) is 14.9. The number of hydrogen-bond donors (Lipinski definition) is 1. The molecule has 1 saturated heterocycles. The van der Waals surface area contributed by atoms with Crippen molar-refractivity contribution in [1.82, 2.24) is 10.2 Å². The van der Waals surface area contributed by atoms with Crippen molar-refractivity contribution in [1.29, 1.82) is 0 Å². The Morgan fingerprint density at radius 1 is 0.833 bits per heavy atom. The van der Waals surface area contributed by atoms with E-state index in [4.69, 9.17) is 0 Å². The van der Waals surface area contributed by atoms with Crippen molar-refractivity contribution >= 4 is 12.4 Å². The number of alkyl halides is 3. The maximum Gasteiger partial charge on any atom is 0.408 e. The van der Waals surface area contributed by atoms with E-state index in [0.717, 1.165) is 11.1 Å². The van der Waals surface area contributed by atoms with Gasteiger partial charge in [-0.25, -0.2) is 0 Å². The zero-order chi connectivity index (χ0) is 16.3. The molecular weight excluding hydrogens is 337 g/mol. The van der Waals surface area contributed by atoms with Crippen LogP contribution in [0, 0.1) is 0 Å². The Labute approximate surface area is 146 Å². The van der Waals surface area contributed by atoms with Crippen LogP contribution in [0.3, 0.4) is 0 Å².